The first-order valence-corrected chi connectivity index (χ1v) is 11.8. The number of para-hydroxylation sites is 2. The smallest absolute Gasteiger partial charge is 0.266 e. The van der Waals surface area contributed by atoms with Crippen LogP contribution in [0.15, 0.2) is 58.4 Å². The predicted molar refractivity (Wildman–Crippen MR) is 131 cm³/mol. The van der Waals surface area contributed by atoms with Gasteiger partial charge in [0.15, 0.2) is 11.8 Å². The molecular formula is C25H27N3O4S. The molecule has 2 aromatic carbocycles. The number of carbonyl (C=O) groups is 2. The van der Waals surface area contributed by atoms with Crippen molar-refractivity contribution in [1.82, 2.24) is 9.80 Å². The van der Waals surface area contributed by atoms with Crippen molar-refractivity contribution < 1.29 is 19.1 Å². The fourth-order valence-electron chi connectivity index (χ4n) is 3.59. The van der Waals surface area contributed by atoms with Crippen LogP contribution >= 0.6 is 11.8 Å². The maximum Gasteiger partial charge on any atom is 0.266 e. The van der Waals surface area contributed by atoms with E-state index in [1.807, 2.05) is 42.5 Å². The Morgan fingerprint density at radius 2 is 1.88 bits per heavy atom. The molecule has 2 heterocycles. The van der Waals surface area contributed by atoms with Crippen LogP contribution in [0.25, 0.3) is 6.08 Å². The molecule has 0 saturated carbocycles. The Morgan fingerprint density at radius 1 is 1.15 bits per heavy atom. The van der Waals surface area contributed by atoms with Gasteiger partial charge >= 0.3 is 0 Å². The summed E-state index contributed by atoms with van der Waals surface area (Å²) in [5.41, 5.74) is 2.74. The SMILES string of the molecule is CCc1ccccc1N=C1S/C(=C\c2ccccc2OCC(=O)N2CCOCC2)C(=O)N1C. The average molecular weight is 466 g/mol. The lowest BCUT2D eigenvalue weighted by atomic mass is 10.1. The average Bonchev–Trinajstić information content (AvgIpc) is 3.11. The number of aryl methyl sites for hydroxylation is 1. The summed E-state index contributed by atoms with van der Waals surface area (Å²) in [6.07, 6.45) is 2.66. The van der Waals surface area contributed by atoms with Gasteiger partial charge in [-0.3, -0.25) is 14.5 Å². The number of thioether (sulfide) groups is 1. The molecule has 7 nitrogen and oxygen atoms in total. The van der Waals surface area contributed by atoms with Crippen molar-refractivity contribution in [2.45, 2.75) is 13.3 Å². The van der Waals surface area contributed by atoms with Crippen LogP contribution in [0.3, 0.4) is 0 Å². The van der Waals surface area contributed by atoms with Crippen LogP contribution in [-0.4, -0.2) is 66.7 Å². The molecule has 0 aliphatic carbocycles. The molecule has 2 amide bonds. The lowest BCUT2D eigenvalue weighted by molar-refractivity contribution is -0.137. The van der Waals surface area contributed by atoms with Crippen molar-refractivity contribution in [2.75, 3.05) is 40.0 Å². The highest BCUT2D eigenvalue weighted by Gasteiger charge is 2.31. The van der Waals surface area contributed by atoms with E-state index in [2.05, 4.69) is 6.92 Å². The molecule has 8 heteroatoms. The minimum Gasteiger partial charge on any atom is -0.483 e. The third-order valence-corrected chi connectivity index (χ3v) is 6.57. The van der Waals surface area contributed by atoms with Gasteiger partial charge in [0.2, 0.25) is 0 Å². The minimum absolute atomic E-state index is 0.0539. The Hall–Kier alpha value is -3.10. The van der Waals surface area contributed by atoms with Crippen LogP contribution in [0.5, 0.6) is 5.75 Å². The van der Waals surface area contributed by atoms with E-state index in [0.717, 1.165) is 23.2 Å². The fourth-order valence-corrected chi connectivity index (χ4v) is 4.56. The van der Waals surface area contributed by atoms with Gasteiger partial charge in [0, 0.05) is 25.7 Å². The van der Waals surface area contributed by atoms with E-state index in [4.69, 9.17) is 14.5 Å². The van der Waals surface area contributed by atoms with Gasteiger partial charge in [0.05, 0.1) is 23.8 Å². The first-order chi connectivity index (χ1) is 16.1. The molecule has 0 unspecified atom stereocenters. The molecule has 4 rings (SSSR count). The molecule has 0 spiro atoms. The summed E-state index contributed by atoms with van der Waals surface area (Å²) in [7, 11) is 1.73. The molecule has 0 atom stereocenters. The summed E-state index contributed by atoms with van der Waals surface area (Å²) >= 11 is 1.33. The third-order valence-electron chi connectivity index (χ3n) is 5.51. The van der Waals surface area contributed by atoms with E-state index in [9.17, 15) is 9.59 Å². The maximum atomic E-state index is 12.9. The van der Waals surface area contributed by atoms with Gasteiger partial charge < -0.3 is 14.4 Å². The zero-order valence-electron chi connectivity index (χ0n) is 18.8. The Morgan fingerprint density at radius 3 is 2.67 bits per heavy atom. The van der Waals surface area contributed by atoms with E-state index >= 15 is 0 Å². The second kappa shape index (κ2) is 10.7. The molecule has 2 aromatic rings. The Kier molecular flexibility index (Phi) is 7.47. The minimum atomic E-state index is -0.119. The van der Waals surface area contributed by atoms with Gasteiger partial charge in [-0.25, -0.2) is 4.99 Å². The number of amidine groups is 1. The second-order valence-corrected chi connectivity index (χ2v) is 8.68. The number of aliphatic imine (C=N–C) groups is 1. The van der Waals surface area contributed by atoms with E-state index in [1.165, 1.54) is 11.8 Å². The molecule has 2 fully saturated rings. The van der Waals surface area contributed by atoms with Gasteiger partial charge in [-0.1, -0.05) is 43.3 Å². The number of morpholine rings is 1. The summed E-state index contributed by atoms with van der Waals surface area (Å²) in [5, 5.41) is 0.632. The molecule has 2 aliphatic rings. The first-order valence-electron chi connectivity index (χ1n) is 11.0. The summed E-state index contributed by atoms with van der Waals surface area (Å²) in [6, 6.07) is 15.3. The second-order valence-electron chi connectivity index (χ2n) is 7.67. The van der Waals surface area contributed by atoms with Crippen molar-refractivity contribution in [3.8, 4) is 5.75 Å². The summed E-state index contributed by atoms with van der Waals surface area (Å²) in [4.78, 5) is 33.9. The van der Waals surface area contributed by atoms with E-state index in [-0.39, 0.29) is 18.4 Å². The number of rotatable bonds is 6. The molecule has 2 saturated heterocycles. The molecule has 0 N–H and O–H groups in total. The normalized spacial score (nSPS) is 18.9. The van der Waals surface area contributed by atoms with Crippen LogP contribution in [-0.2, 0) is 20.7 Å². The predicted octanol–water partition coefficient (Wildman–Crippen LogP) is 3.72. The number of benzene rings is 2. The van der Waals surface area contributed by atoms with Gasteiger partial charge in [-0.05, 0) is 42.0 Å². The van der Waals surface area contributed by atoms with Crippen molar-refractivity contribution in [3.05, 3.63) is 64.6 Å². The van der Waals surface area contributed by atoms with Gasteiger partial charge in [0.25, 0.3) is 11.8 Å². The highest BCUT2D eigenvalue weighted by molar-refractivity contribution is 8.18. The summed E-state index contributed by atoms with van der Waals surface area (Å²) in [6.45, 7) is 4.29. The first kappa shape index (κ1) is 23.1. The summed E-state index contributed by atoms with van der Waals surface area (Å²) < 4.78 is 11.1. The molecule has 33 heavy (non-hydrogen) atoms. The maximum absolute atomic E-state index is 12.9. The highest BCUT2D eigenvalue weighted by atomic mass is 32.2. The standard InChI is InChI=1S/C25H27N3O4S/c1-3-18-8-4-6-10-20(18)26-25-27(2)24(30)22(33-25)16-19-9-5-7-11-21(19)32-17-23(29)28-12-14-31-15-13-28/h4-11,16H,3,12-15,17H2,1-2H3/b22-16-,26-25?. The van der Waals surface area contributed by atoms with Gasteiger partial charge in [-0.2, -0.15) is 0 Å². The van der Waals surface area contributed by atoms with E-state index < -0.39 is 0 Å². The number of ether oxygens (including phenoxy) is 2. The quantitative estimate of drug-likeness (QED) is 0.608. The molecule has 172 valence electrons. The zero-order valence-corrected chi connectivity index (χ0v) is 19.6. The van der Waals surface area contributed by atoms with Crippen LogP contribution in [0.2, 0.25) is 0 Å². The number of carbonyl (C=O) groups excluding carboxylic acids is 2. The van der Waals surface area contributed by atoms with Gasteiger partial charge in [0.1, 0.15) is 5.75 Å². The number of likely N-dealkylation sites (N-methyl/N-ethyl adjacent to an activating group) is 1. The highest BCUT2D eigenvalue weighted by Crippen LogP contribution is 2.35. The summed E-state index contributed by atoms with van der Waals surface area (Å²) in [5.74, 6) is 0.368. The molecule has 0 radical (unpaired) electrons. The largest absolute Gasteiger partial charge is 0.483 e. The lowest BCUT2D eigenvalue weighted by Gasteiger charge is -2.26. The fraction of sp³-hybridized carbons (Fsp3) is 0.320. The molecular weight excluding hydrogens is 438 g/mol. The third kappa shape index (κ3) is 5.46. The number of nitrogens with zero attached hydrogens (tertiary/aromatic N) is 3. The monoisotopic (exact) mass is 465 g/mol. The molecule has 0 bridgehead atoms. The zero-order chi connectivity index (χ0) is 23.2. The Labute approximate surface area is 198 Å². The van der Waals surface area contributed by atoms with Crippen LogP contribution in [0.4, 0.5) is 5.69 Å². The Balaban J connectivity index is 1.51. The Bertz CT molecular complexity index is 1090. The van der Waals surface area contributed by atoms with Crippen LogP contribution in [0.1, 0.15) is 18.1 Å². The van der Waals surface area contributed by atoms with Crippen molar-refractivity contribution in [1.29, 1.82) is 0 Å². The van der Waals surface area contributed by atoms with E-state index in [0.29, 0.717) is 42.1 Å². The van der Waals surface area contributed by atoms with Crippen molar-refractivity contribution >= 4 is 40.5 Å². The molecule has 2 aliphatic heterocycles. The van der Waals surface area contributed by atoms with Gasteiger partial charge in [-0.15, -0.1) is 0 Å². The molecule has 0 aromatic heterocycles. The number of hydrogen-bond acceptors (Lipinski definition) is 6. The topological polar surface area (TPSA) is 71.4 Å². The van der Waals surface area contributed by atoms with Crippen molar-refractivity contribution in [2.24, 2.45) is 4.99 Å². The van der Waals surface area contributed by atoms with E-state index in [1.54, 1.807) is 29.0 Å². The van der Waals surface area contributed by atoms with Crippen LogP contribution in [0, 0.1) is 0 Å². The lowest BCUT2D eigenvalue weighted by Crippen LogP contribution is -2.43. The number of hydrogen-bond donors (Lipinski definition) is 0. The number of amides is 2. The van der Waals surface area contributed by atoms with Crippen LogP contribution < -0.4 is 4.74 Å². The van der Waals surface area contributed by atoms with Crippen molar-refractivity contribution in [3.63, 3.8) is 0 Å².